The fourth-order valence-corrected chi connectivity index (χ4v) is 3.81. The molecule has 3 nitrogen and oxygen atoms in total. The van der Waals surface area contributed by atoms with Gasteiger partial charge in [0, 0.05) is 10.6 Å². The molecule has 1 heterocycles. The Balaban J connectivity index is 2.42. The van der Waals surface area contributed by atoms with Crippen molar-refractivity contribution >= 4 is 11.6 Å². The fraction of sp³-hybridized carbons (Fsp3) is 0.647. The van der Waals surface area contributed by atoms with Crippen LogP contribution in [0.1, 0.15) is 51.2 Å². The van der Waals surface area contributed by atoms with E-state index >= 15 is 0 Å². The maximum absolute atomic E-state index is 11.1. The highest BCUT2D eigenvalue weighted by atomic mass is 35.5. The number of halogens is 1. The van der Waals surface area contributed by atoms with Crippen molar-refractivity contribution in [3.8, 4) is 5.75 Å². The molecule has 1 unspecified atom stereocenters. The molecule has 0 amide bonds. The van der Waals surface area contributed by atoms with Crippen LogP contribution in [-0.2, 0) is 0 Å². The minimum absolute atomic E-state index is 0.242. The van der Waals surface area contributed by atoms with E-state index in [1.807, 2.05) is 12.1 Å². The lowest BCUT2D eigenvalue weighted by Crippen LogP contribution is -2.51. The van der Waals surface area contributed by atoms with E-state index in [1.54, 1.807) is 13.2 Å². The highest BCUT2D eigenvalue weighted by Crippen LogP contribution is 2.42. The number of nitrogens with zero attached hydrogens (tertiary/aromatic N) is 1. The third-order valence-electron chi connectivity index (χ3n) is 4.96. The molecule has 0 aromatic heterocycles. The number of aliphatic hydroxyl groups is 1. The van der Waals surface area contributed by atoms with Crippen molar-refractivity contribution < 1.29 is 9.84 Å². The minimum atomic E-state index is -0.598. The van der Waals surface area contributed by atoms with Crippen molar-refractivity contribution in [3.05, 3.63) is 28.8 Å². The molecule has 2 rings (SSSR count). The molecular formula is C17H26ClNO2. The lowest BCUT2D eigenvalue weighted by atomic mass is 9.81. The molecule has 1 aliphatic heterocycles. The van der Waals surface area contributed by atoms with Crippen molar-refractivity contribution in [1.29, 1.82) is 0 Å². The predicted octanol–water partition coefficient (Wildman–Crippen LogP) is 4.04. The number of likely N-dealkylation sites (tertiary alicyclic amines) is 1. The van der Waals surface area contributed by atoms with E-state index in [0.717, 1.165) is 31.5 Å². The van der Waals surface area contributed by atoms with Crippen molar-refractivity contribution in [3.63, 3.8) is 0 Å². The maximum atomic E-state index is 11.1. The molecule has 21 heavy (non-hydrogen) atoms. The monoisotopic (exact) mass is 311 g/mol. The summed E-state index contributed by atoms with van der Waals surface area (Å²) >= 11 is 6.13. The van der Waals surface area contributed by atoms with Gasteiger partial charge in [-0.15, -0.1) is 0 Å². The van der Waals surface area contributed by atoms with Gasteiger partial charge in [0.05, 0.1) is 12.6 Å². The first-order valence-corrected chi connectivity index (χ1v) is 8.23. The Hall–Kier alpha value is -0.770. The first-order valence-electron chi connectivity index (χ1n) is 7.85. The van der Waals surface area contributed by atoms with Gasteiger partial charge in [0.1, 0.15) is 11.9 Å². The van der Waals surface area contributed by atoms with Crippen LogP contribution in [0.15, 0.2) is 18.2 Å². The molecule has 1 aromatic carbocycles. The van der Waals surface area contributed by atoms with Gasteiger partial charge >= 0.3 is 0 Å². The lowest BCUT2D eigenvalue weighted by molar-refractivity contribution is -0.0304. The van der Waals surface area contributed by atoms with Crippen LogP contribution in [-0.4, -0.2) is 35.7 Å². The summed E-state index contributed by atoms with van der Waals surface area (Å²) in [5.74, 6) is 0.706. The molecule has 1 fully saturated rings. The summed E-state index contributed by atoms with van der Waals surface area (Å²) in [5.41, 5.74) is 0.551. The van der Waals surface area contributed by atoms with E-state index in [0.29, 0.717) is 10.8 Å². The normalized spacial score (nSPS) is 18.0. The average molecular weight is 312 g/mol. The zero-order chi connectivity index (χ0) is 15.5. The van der Waals surface area contributed by atoms with E-state index in [9.17, 15) is 5.11 Å². The summed E-state index contributed by atoms with van der Waals surface area (Å²) < 4.78 is 5.43. The maximum Gasteiger partial charge on any atom is 0.124 e. The Kier molecular flexibility index (Phi) is 5.53. The molecule has 1 saturated heterocycles. The van der Waals surface area contributed by atoms with E-state index in [1.165, 1.54) is 12.8 Å². The van der Waals surface area contributed by atoms with Gasteiger partial charge in [-0.25, -0.2) is 0 Å². The number of hydrogen-bond acceptors (Lipinski definition) is 3. The van der Waals surface area contributed by atoms with E-state index in [-0.39, 0.29) is 5.54 Å². The number of hydrogen-bond donors (Lipinski definition) is 1. The summed E-state index contributed by atoms with van der Waals surface area (Å²) in [5, 5.41) is 11.8. The van der Waals surface area contributed by atoms with Crippen LogP contribution in [0, 0.1) is 0 Å². The summed E-state index contributed by atoms with van der Waals surface area (Å²) in [4.78, 5) is 2.44. The fourth-order valence-electron chi connectivity index (χ4n) is 3.63. The molecule has 1 N–H and O–H groups in total. The Labute approximate surface area is 132 Å². The van der Waals surface area contributed by atoms with Gasteiger partial charge < -0.3 is 9.84 Å². The molecule has 1 atom stereocenters. The van der Waals surface area contributed by atoms with Gasteiger partial charge in [0.2, 0.25) is 0 Å². The van der Waals surface area contributed by atoms with E-state index < -0.39 is 6.10 Å². The molecule has 0 aliphatic carbocycles. The van der Waals surface area contributed by atoms with Crippen LogP contribution in [0.4, 0.5) is 0 Å². The quantitative estimate of drug-likeness (QED) is 0.860. The van der Waals surface area contributed by atoms with Crippen LogP contribution >= 0.6 is 11.6 Å². The second kappa shape index (κ2) is 6.99. The van der Waals surface area contributed by atoms with Gasteiger partial charge in [0.15, 0.2) is 0 Å². The van der Waals surface area contributed by atoms with E-state index in [4.69, 9.17) is 16.3 Å². The Morgan fingerprint density at radius 3 is 2.43 bits per heavy atom. The van der Waals surface area contributed by atoms with Crippen LogP contribution in [0.3, 0.4) is 0 Å². The van der Waals surface area contributed by atoms with Gasteiger partial charge in [-0.1, -0.05) is 25.4 Å². The van der Waals surface area contributed by atoms with Crippen LogP contribution in [0.5, 0.6) is 5.75 Å². The van der Waals surface area contributed by atoms with Crippen LogP contribution < -0.4 is 4.74 Å². The first kappa shape index (κ1) is 16.6. The zero-order valence-corrected chi connectivity index (χ0v) is 14.0. The molecule has 0 bridgehead atoms. The third-order valence-corrected chi connectivity index (χ3v) is 5.19. The van der Waals surface area contributed by atoms with Crippen molar-refractivity contribution in [2.45, 2.75) is 51.2 Å². The van der Waals surface area contributed by atoms with Gasteiger partial charge in [-0.3, -0.25) is 4.90 Å². The van der Waals surface area contributed by atoms with E-state index in [2.05, 4.69) is 18.7 Å². The topological polar surface area (TPSA) is 32.7 Å². The SMILES string of the molecule is CCC(CC)(C(O)c1cc(Cl)ccc1OC)N1CCCC1. The first-order chi connectivity index (χ1) is 10.1. The summed E-state index contributed by atoms with van der Waals surface area (Å²) in [6, 6.07) is 5.47. The van der Waals surface area contributed by atoms with Gasteiger partial charge in [-0.05, 0) is 57.0 Å². The lowest BCUT2D eigenvalue weighted by Gasteiger charge is -2.45. The summed E-state index contributed by atoms with van der Waals surface area (Å²) in [6.45, 7) is 6.42. The second-order valence-electron chi connectivity index (χ2n) is 5.79. The van der Waals surface area contributed by atoms with Gasteiger partial charge in [-0.2, -0.15) is 0 Å². The molecule has 1 aromatic rings. The zero-order valence-electron chi connectivity index (χ0n) is 13.2. The van der Waals surface area contributed by atoms with Crippen LogP contribution in [0.2, 0.25) is 5.02 Å². The van der Waals surface area contributed by atoms with Crippen molar-refractivity contribution in [1.82, 2.24) is 4.90 Å². The number of rotatable bonds is 6. The smallest absolute Gasteiger partial charge is 0.124 e. The molecule has 0 radical (unpaired) electrons. The van der Waals surface area contributed by atoms with Crippen molar-refractivity contribution in [2.75, 3.05) is 20.2 Å². The number of benzene rings is 1. The van der Waals surface area contributed by atoms with Gasteiger partial charge in [0.25, 0.3) is 0 Å². The molecular weight excluding hydrogens is 286 g/mol. The highest BCUT2D eigenvalue weighted by molar-refractivity contribution is 6.30. The van der Waals surface area contributed by atoms with Crippen LogP contribution in [0.25, 0.3) is 0 Å². The molecule has 1 aliphatic rings. The largest absolute Gasteiger partial charge is 0.496 e. The average Bonchev–Trinajstić information content (AvgIpc) is 3.03. The number of ether oxygens (including phenoxy) is 1. The summed E-state index contributed by atoms with van der Waals surface area (Å²) in [7, 11) is 1.63. The number of aliphatic hydroxyl groups excluding tert-OH is 1. The minimum Gasteiger partial charge on any atom is -0.496 e. The van der Waals surface area contributed by atoms with Crippen molar-refractivity contribution in [2.24, 2.45) is 0 Å². The Morgan fingerprint density at radius 2 is 1.90 bits per heavy atom. The molecule has 118 valence electrons. The third kappa shape index (κ3) is 3.05. The molecule has 4 heteroatoms. The predicted molar refractivity (Wildman–Crippen MR) is 87.1 cm³/mol. The molecule has 0 saturated carbocycles. The number of methoxy groups -OCH3 is 1. The Morgan fingerprint density at radius 1 is 1.29 bits per heavy atom. The Bertz CT molecular complexity index is 468. The standard InChI is InChI=1S/C17H26ClNO2/c1-4-17(5-2,19-10-6-7-11-19)16(20)14-12-13(18)8-9-15(14)21-3/h8-9,12,16,20H,4-7,10-11H2,1-3H3. The summed E-state index contributed by atoms with van der Waals surface area (Å²) in [6.07, 6.45) is 3.63. The second-order valence-corrected chi connectivity index (χ2v) is 6.23. The highest BCUT2D eigenvalue weighted by Gasteiger charge is 2.43. The molecule has 0 spiro atoms.